The molecule has 0 N–H and O–H groups in total. The summed E-state index contributed by atoms with van der Waals surface area (Å²) in [5, 5.41) is 0.659. The molecule has 3 rings (SSSR count). The topological polar surface area (TPSA) is 33.2 Å². The summed E-state index contributed by atoms with van der Waals surface area (Å²) >= 11 is 6.01. The fourth-order valence-electron chi connectivity index (χ4n) is 1.86. The largest absolute Gasteiger partial charge is 0.330 e. The molecule has 1 aliphatic heterocycles. The van der Waals surface area contributed by atoms with Gasteiger partial charge in [-0.2, -0.15) is 0 Å². The standard InChI is InChI=1S/C10H9ClN2O/c11-8-3-4-12-9-7(8)5-13(10(9)14)6-1-2-6/h3-4,6H,1-2,5H2. The molecule has 0 bridgehead atoms. The Hall–Kier alpha value is -1.09. The van der Waals surface area contributed by atoms with Gasteiger partial charge in [0, 0.05) is 22.8 Å². The molecular formula is C10H9ClN2O. The van der Waals surface area contributed by atoms with Crippen molar-refractivity contribution in [2.45, 2.75) is 25.4 Å². The lowest BCUT2D eigenvalue weighted by Crippen LogP contribution is -2.26. The number of pyridine rings is 1. The van der Waals surface area contributed by atoms with Gasteiger partial charge in [0.05, 0.1) is 6.54 Å². The van der Waals surface area contributed by atoms with Crippen LogP contribution in [0.3, 0.4) is 0 Å². The van der Waals surface area contributed by atoms with Crippen molar-refractivity contribution in [3.8, 4) is 0 Å². The molecule has 0 saturated heterocycles. The lowest BCUT2D eigenvalue weighted by atomic mass is 10.2. The van der Waals surface area contributed by atoms with Gasteiger partial charge >= 0.3 is 0 Å². The third-order valence-electron chi connectivity index (χ3n) is 2.78. The average molecular weight is 209 g/mol. The van der Waals surface area contributed by atoms with Crippen LogP contribution in [0, 0.1) is 0 Å². The zero-order valence-electron chi connectivity index (χ0n) is 7.53. The van der Waals surface area contributed by atoms with Gasteiger partial charge in [0.2, 0.25) is 0 Å². The van der Waals surface area contributed by atoms with E-state index in [1.165, 1.54) is 0 Å². The van der Waals surface area contributed by atoms with E-state index in [1.807, 2.05) is 4.90 Å². The highest BCUT2D eigenvalue weighted by Gasteiger charge is 2.39. The van der Waals surface area contributed by atoms with Gasteiger partial charge in [0.25, 0.3) is 5.91 Å². The van der Waals surface area contributed by atoms with E-state index in [1.54, 1.807) is 12.3 Å². The second-order valence-corrected chi connectivity index (χ2v) is 4.19. The number of rotatable bonds is 1. The van der Waals surface area contributed by atoms with Gasteiger partial charge in [-0.15, -0.1) is 0 Å². The Kier molecular flexibility index (Phi) is 1.59. The molecule has 14 heavy (non-hydrogen) atoms. The normalized spacial score (nSPS) is 20.1. The van der Waals surface area contributed by atoms with Crippen LogP contribution in [0.5, 0.6) is 0 Å². The number of amides is 1. The van der Waals surface area contributed by atoms with Gasteiger partial charge in [0.15, 0.2) is 0 Å². The van der Waals surface area contributed by atoms with Crippen molar-refractivity contribution in [2.24, 2.45) is 0 Å². The van der Waals surface area contributed by atoms with Crippen LogP contribution in [0.2, 0.25) is 5.02 Å². The monoisotopic (exact) mass is 208 g/mol. The van der Waals surface area contributed by atoms with Crippen molar-refractivity contribution in [1.82, 2.24) is 9.88 Å². The van der Waals surface area contributed by atoms with E-state index >= 15 is 0 Å². The number of aromatic nitrogens is 1. The molecule has 4 heteroatoms. The van der Waals surface area contributed by atoms with Gasteiger partial charge < -0.3 is 4.90 Å². The first-order chi connectivity index (χ1) is 6.77. The first-order valence-corrected chi connectivity index (χ1v) is 5.09. The number of hydrogen-bond donors (Lipinski definition) is 0. The van der Waals surface area contributed by atoms with Crippen LogP contribution >= 0.6 is 11.6 Å². The van der Waals surface area contributed by atoms with Crippen LogP contribution in [-0.4, -0.2) is 21.8 Å². The van der Waals surface area contributed by atoms with Gasteiger partial charge in [-0.05, 0) is 18.9 Å². The third kappa shape index (κ3) is 1.05. The highest BCUT2D eigenvalue weighted by atomic mass is 35.5. The van der Waals surface area contributed by atoms with Crippen LogP contribution in [0.25, 0.3) is 0 Å². The van der Waals surface area contributed by atoms with Gasteiger partial charge in [-0.25, -0.2) is 0 Å². The predicted octanol–water partition coefficient (Wildman–Crippen LogP) is 1.85. The van der Waals surface area contributed by atoms with Gasteiger partial charge in [0.1, 0.15) is 5.69 Å². The molecule has 0 atom stereocenters. The Morgan fingerprint density at radius 3 is 2.93 bits per heavy atom. The van der Waals surface area contributed by atoms with Crippen molar-refractivity contribution < 1.29 is 4.79 Å². The summed E-state index contributed by atoms with van der Waals surface area (Å²) in [5.41, 5.74) is 1.44. The summed E-state index contributed by atoms with van der Waals surface area (Å²) in [6.07, 6.45) is 3.84. The molecule has 0 spiro atoms. The minimum absolute atomic E-state index is 0.0463. The summed E-state index contributed by atoms with van der Waals surface area (Å²) in [4.78, 5) is 17.8. The molecule has 0 aromatic carbocycles. The Balaban J connectivity index is 2.05. The smallest absolute Gasteiger partial charge is 0.273 e. The molecule has 1 amide bonds. The highest BCUT2D eigenvalue weighted by Crippen LogP contribution is 2.35. The summed E-state index contributed by atoms with van der Waals surface area (Å²) in [7, 11) is 0. The molecule has 2 heterocycles. The fraction of sp³-hybridized carbons (Fsp3) is 0.400. The maximum Gasteiger partial charge on any atom is 0.273 e. The Morgan fingerprint density at radius 1 is 1.50 bits per heavy atom. The summed E-state index contributed by atoms with van der Waals surface area (Å²) < 4.78 is 0. The minimum Gasteiger partial charge on any atom is -0.330 e. The predicted molar refractivity (Wildman–Crippen MR) is 52.1 cm³/mol. The van der Waals surface area contributed by atoms with Crippen molar-refractivity contribution >= 4 is 17.5 Å². The number of halogens is 1. The summed E-state index contributed by atoms with van der Waals surface area (Å²) in [6.45, 7) is 0.644. The van der Waals surface area contributed by atoms with Crippen LogP contribution in [-0.2, 0) is 6.54 Å². The average Bonchev–Trinajstić information content (AvgIpc) is 2.94. The summed E-state index contributed by atoms with van der Waals surface area (Å²) in [5.74, 6) is 0.0463. The lowest BCUT2D eigenvalue weighted by Gasteiger charge is -2.12. The molecule has 0 radical (unpaired) electrons. The van der Waals surface area contributed by atoms with E-state index in [4.69, 9.17) is 11.6 Å². The molecule has 3 nitrogen and oxygen atoms in total. The van der Waals surface area contributed by atoms with Crippen molar-refractivity contribution in [3.63, 3.8) is 0 Å². The second-order valence-electron chi connectivity index (χ2n) is 3.78. The van der Waals surface area contributed by atoms with Gasteiger partial charge in [-0.3, -0.25) is 9.78 Å². The Morgan fingerprint density at radius 2 is 2.29 bits per heavy atom. The molecule has 1 aliphatic carbocycles. The zero-order valence-corrected chi connectivity index (χ0v) is 8.29. The maximum atomic E-state index is 11.8. The highest BCUT2D eigenvalue weighted by molar-refractivity contribution is 6.32. The van der Waals surface area contributed by atoms with Crippen molar-refractivity contribution in [2.75, 3.05) is 0 Å². The van der Waals surface area contributed by atoms with E-state index in [2.05, 4.69) is 4.98 Å². The molecule has 1 aromatic rings. The summed E-state index contributed by atoms with van der Waals surface area (Å²) in [6, 6.07) is 2.18. The van der Waals surface area contributed by atoms with Gasteiger partial charge in [-0.1, -0.05) is 11.6 Å². The van der Waals surface area contributed by atoms with Crippen molar-refractivity contribution in [1.29, 1.82) is 0 Å². The number of carbonyl (C=O) groups excluding carboxylic acids is 1. The lowest BCUT2D eigenvalue weighted by molar-refractivity contribution is 0.0762. The van der Waals surface area contributed by atoms with Crippen LogP contribution in [0.15, 0.2) is 12.3 Å². The molecule has 72 valence electrons. The van der Waals surface area contributed by atoms with Crippen LogP contribution in [0.4, 0.5) is 0 Å². The SMILES string of the molecule is O=C1c2nccc(Cl)c2CN1C1CC1. The van der Waals surface area contributed by atoms with E-state index in [0.717, 1.165) is 18.4 Å². The molecular weight excluding hydrogens is 200 g/mol. The second kappa shape index (κ2) is 2.70. The molecule has 1 fully saturated rings. The number of hydrogen-bond acceptors (Lipinski definition) is 2. The molecule has 2 aliphatic rings. The van der Waals surface area contributed by atoms with E-state index in [9.17, 15) is 4.79 Å². The Labute approximate surface area is 86.7 Å². The fourth-order valence-corrected chi connectivity index (χ4v) is 2.07. The van der Waals surface area contributed by atoms with E-state index in [-0.39, 0.29) is 5.91 Å². The Bertz CT molecular complexity index is 415. The van der Waals surface area contributed by atoms with Crippen molar-refractivity contribution in [3.05, 3.63) is 28.5 Å². The van der Waals surface area contributed by atoms with Crippen LogP contribution in [0.1, 0.15) is 28.9 Å². The van der Waals surface area contributed by atoms with E-state index in [0.29, 0.717) is 23.3 Å². The third-order valence-corrected chi connectivity index (χ3v) is 3.13. The van der Waals surface area contributed by atoms with E-state index < -0.39 is 0 Å². The molecule has 1 aromatic heterocycles. The maximum absolute atomic E-state index is 11.8. The quantitative estimate of drug-likeness (QED) is 0.706. The minimum atomic E-state index is 0.0463. The van der Waals surface area contributed by atoms with Crippen LogP contribution < -0.4 is 0 Å². The zero-order chi connectivity index (χ0) is 9.71. The first-order valence-electron chi connectivity index (χ1n) is 4.72. The number of fused-ring (bicyclic) bond motifs is 1. The first kappa shape index (κ1) is 8.24. The molecule has 1 saturated carbocycles. The number of carbonyl (C=O) groups is 1. The number of nitrogens with zero attached hydrogens (tertiary/aromatic N) is 2. The molecule has 0 unspecified atom stereocenters.